The first-order chi connectivity index (χ1) is 7.35. The molecule has 1 heteroatoms. The zero-order valence-electron chi connectivity index (χ0n) is 11.9. The van der Waals surface area contributed by atoms with Crippen LogP contribution in [0.3, 0.4) is 0 Å². The van der Waals surface area contributed by atoms with Gasteiger partial charge in [0.15, 0.2) is 0 Å². The molecule has 0 aliphatic rings. The molecule has 94 valence electrons. The molecule has 0 nitrogen and oxygen atoms in total. The summed E-state index contributed by atoms with van der Waals surface area (Å²) in [6.45, 7) is 17.5. The minimum atomic E-state index is -0.128. The molecule has 0 saturated heterocycles. The minimum Gasteiger partial charge on any atom is -0.207 e. The molecule has 0 amide bonds. The van der Waals surface area contributed by atoms with Crippen molar-refractivity contribution < 1.29 is 4.39 Å². The summed E-state index contributed by atoms with van der Waals surface area (Å²) in [5.74, 6) is -0.128. The van der Waals surface area contributed by atoms with Crippen LogP contribution in [0, 0.1) is 5.41 Å². The molecule has 0 atom stereocenters. The van der Waals surface area contributed by atoms with Gasteiger partial charge < -0.3 is 0 Å². The molecule has 0 spiro atoms. The molecule has 0 saturated carbocycles. The Labute approximate surface area is 101 Å². The van der Waals surface area contributed by atoms with Gasteiger partial charge in [-0.1, -0.05) is 46.3 Å². The van der Waals surface area contributed by atoms with E-state index in [2.05, 4.69) is 6.58 Å². The van der Waals surface area contributed by atoms with Crippen LogP contribution in [0.2, 0.25) is 0 Å². The van der Waals surface area contributed by atoms with Crippen LogP contribution < -0.4 is 0 Å². The molecule has 0 aromatic heterocycles. The number of hydrogen-bond acceptors (Lipinski definition) is 0. The van der Waals surface area contributed by atoms with Gasteiger partial charge in [-0.3, -0.25) is 0 Å². The Morgan fingerprint density at radius 3 is 1.94 bits per heavy atom. The highest BCUT2D eigenvalue weighted by Crippen LogP contribution is 2.31. The van der Waals surface area contributed by atoms with E-state index in [4.69, 9.17) is 0 Å². The van der Waals surface area contributed by atoms with Crippen molar-refractivity contribution in [3.63, 3.8) is 0 Å². The first-order valence-electron chi connectivity index (χ1n) is 6.02. The van der Waals surface area contributed by atoms with Crippen molar-refractivity contribution in [3.05, 3.63) is 35.7 Å². The summed E-state index contributed by atoms with van der Waals surface area (Å²) in [6.07, 6.45) is 4.34. The van der Waals surface area contributed by atoms with Gasteiger partial charge in [0.25, 0.3) is 0 Å². The smallest absolute Gasteiger partial charge is 0.121 e. The van der Waals surface area contributed by atoms with Gasteiger partial charge >= 0.3 is 0 Å². The number of allylic oxidation sites excluding steroid dienone is 5. The monoisotopic (exact) mass is 226 g/mol. The van der Waals surface area contributed by atoms with Gasteiger partial charge in [0.1, 0.15) is 5.83 Å². The lowest BCUT2D eigenvalue weighted by Crippen LogP contribution is -2.10. The van der Waals surface area contributed by atoms with Crippen molar-refractivity contribution in [1.29, 1.82) is 0 Å². The summed E-state index contributed by atoms with van der Waals surface area (Å²) in [4.78, 5) is 0. The molecule has 0 heterocycles. The average Bonchev–Trinajstić information content (AvgIpc) is 2.27. The first-order valence-corrected chi connectivity index (χ1v) is 6.02. The molecule has 0 aromatic carbocycles. The quantitative estimate of drug-likeness (QED) is 0.418. The van der Waals surface area contributed by atoms with E-state index in [1.807, 2.05) is 40.7 Å². The van der Waals surface area contributed by atoms with Crippen molar-refractivity contribution in [3.8, 4) is 0 Å². The molecule has 0 unspecified atom stereocenters. The third-order valence-electron chi connectivity index (χ3n) is 2.50. The molecular formula is C15H27F. The highest BCUT2D eigenvalue weighted by molar-refractivity contribution is 5.27. The van der Waals surface area contributed by atoms with Crippen molar-refractivity contribution >= 4 is 0 Å². The third-order valence-corrected chi connectivity index (χ3v) is 2.50. The summed E-state index contributed by atoms with van der Waals surface area (Å²) in [7, 11) is 0. The maximum atomic E-state index is 13.4. The van der Waals surface area contributed by atoms with E-state index in [1.165, 1.54) is 0 Å². The molecule has 0 aromatic rings. The first kappa shape index (κ1) is 17.5. The molecule has 0 bridgehead atoms. The summed E-state index contributed by atoms with van der Waals surface area (Å²) in [5, 5.41) is 0. The van der Waals surface area contributed by atoms with E-state index in [1.54, 1.807) is 19.9 Å². The molecule has 0 aliphatic carbocycles. The Hall–Kier alpha value is -0.850. The largest absolute Gasteiger partial charge is 0.207 e. The molecule has 0 aliphatic heterocycles. The minimum absolute atomic E-state index is 0.123. The van der Waals surface area contributed by atoms with Crippen LogP contribution >= 0.6 is 0 Å². The van der Waals surface area contributed by atoms with Crippen LogP contribution in [0.4, 0.5) is 4.39 Å². The molecular weight excluding hydrogens is 199 g/mol. The lowest BCUT2D eigenvalue weighted by molar-refractivity contribution is 0.552. The van der Waals surface area contributed by atoms with Crippen molar-refractivity contribution in [1.82, 2.24) is 0 Å². The fourth-order valence-corrected chi connectivity index (χ4v) is 1.17. The van der Waals surface area contributed by atoms with E-state index >= 15 is 0 Å². The number of rotatable bonds is 4. The Kier molecular flexibility index (Phi) is 9.12. The predicted octanol–water partition coefficient (Wildman–Crippen LogP) is 5.82. The van der Waals surface area contributed by atoms with Crippen LogP contribution in [0.5, 0.6) is 0 Å². The number of halogens is 1. The second-order valence-electron chi connectivity index (χ2n) is 4.30. The fraction of sp³-hybridized carbons (Fsp3) is 0.600. The maximum absolute atomic E-state index is 13.4. The van der Waals surface area contributed by atoms with Crippen LogP contribution in [0.25, 0.3) is 0 Å². The van der Waals surface area contributed by atoms with Gasteiger partial charge in [0, 0.05) is 5.41 Å². The van der Waals surface area contributed by atoms with Crippen LogP contribution in [0.1, 0.15) is 54.9 Å². The standard InChI is InChI=1S/C13H21F.C2H6/c1-7-11(13(5,6)8-2)9-12(14)10(3)4;1-2/h8-9H,2,7H2,1,3-6H3;1-2H3/b11-9+;. The Morgan fingerprint density at radius 1 is 1.25 bits per heavy atom. The molecule has 0 radical (unpaired) electrons. The second-order valence-corrected chi connectivity index (χ2v) is 4.30. The van der Waals surface area contributed by atoms with E-state index in [0.29, 0.717) is 0 Å². The van der Waals surface area contributed by atoms with Crippen molar-refractivity contribution in [2.45, 2.75) is 54.9 Å². The fourth-order valence-electron chi connectivity index (χ4n) is 1.17. The highest BCUT2D eigenvalue weighted by Gasteiger charge is 2.17. The SMILES string of the molecule is C=CC(C)(C)/C(=C/C(F)=C(C)C)CC.CC. The van der Waals surface area contributed by atoms with E-state index in [9.17, 15) is 4.39 Å². The lowest BCUT2D eigenvalue weighted by atomic mass is 9.82. The van der Waals surface area contributed by atoms with Crippen molar-refractivity contribution in [2.75, 3.05) is 0 Å². The highest BCUT2D eigenvalue weighted by atomic mass is 19.1. The van der Waals surface area contributed by atoms with Gasteiger partial charge in [0.05, 0.1) is 0 Å². The van der Waals surface area contributed by atoms with Gasteiger partial charge in [-0.25, -0.2) is 4.39 Å². The van der Waals surface area contributed by atoms with Gasteiger partial charge in [-0.05, 0) is 31.9 Å². The van der Waals surface area contributed by atoms with Crippen LogP contribution in [-0.2, 0) is 0 Å². The Morgan fingerprint density at radius 2 is 1.69 bits per heavy atom. The van der Waals surface area contributed by atoms with Gasteiger partial charge in [0.2, 0.25) is 0 Å². The zero-order valence-corrected chi connectivity index (χ0v) is 11.9. The van der Waals surface area contributed by atoms with E-state index in [-0.39, 0.29) is 11.2 Å². The van der Waals surface area contributed by atoms with E-state index < -0.39 is 0 Å². The summed E-state index contributed by atoms with van der Waals surface area (Å²) >= 11 is 0. The molecule has 0 fully saturated rings. The predicted molar refractivity (Wildman–Crippen MR) is 73.2 cm³/mol. The zero-order chi connectivity index (χ0) is 13.4. The van der Waals surface area contributed by atoms with E-state index in [0.717, 1.165) is 17.6 Å². The average molecular weight is 226 g/mol. The Bertz CT molecular complexity index is 263. The van der Waals surface area contributed by atoms with Crippen LogP contribution in [-0.4, -0.2) is 0 Å². The lowest BCUT2D eigenvalue weighted by Gasteiger charge is -2.23. The number of hydrogen-bond donors (Lipinski definition) is 0. The third kappa shape index (κ3) is 5.89. The Balaban J connectivity index is 0. The molecule has 0 rings (SSSR count). The van der Waals surface area contributed by atoms with Gasteiger partial charge in [-0.15, -0.1) is 6.58 Å². The second kappa shape index (κ2) is 8.32. The van der Waals surface area contributed by atoms with Gasteiger partial charge in [-0.2, -0.15) is 0 Å². The normalized spacial score (nSPS) is 11.4. The molecule has 0 N–H and O–H groups in total. The topological polar surface area (TPSA) is 0 Å². The van der Waals surface area contributed by atoms with Crippen molar-refractivity contribution in [2.24, 2.45) is 5.41 Å². The summed E-state index contributed by atoms with van der Waals surface area (Å²) < 4.78 is 13.4. The summed E-state index contributed by atoms with van der Waals surface area (Å²) in [6, 6.07) is 0. The van der Waals surface area contributed by atoms with Crippen LogP contribution in [0.15, 0.2) is 35.7 Å². The molecule has 16 heavy (non-hydrogen) atoms. The maximum Gasteiger partial charge on any atom is 0.121 e. The summed E-state index contributed by atoms with van der Waals surface area (Å²) in [5.41, 5.74) is 1.67.